The molecule has 0 bridgehead atoms. The number of amides is 2. The average Bonchev–Trinajstić information content (AvgIpc) is 2.63. The van der Waals surface area contributed by atoms with Crippen LogP contribution in [0.4, 0.5) is 11.4 Å². The van der Waals surface area contributed by atoms with Crippen molar-refractivity contribution in [3.05, 3.63) is 82.9 Å². The van der Waals surface area contributed by atoms with Crippen LogP contribution >= 0.6 is 15.9 Å². The van der Waals surface area contributed by atoms with E-state index in [-0.39, 0.29) is 11.8 Å². The lowest BCUT2D eigenvalue weighted by Gasteiger charge is -2.09. The van der Waals surface area contributed by atoms with E-state index < -0.39 is 0 Å². The first-order valence-corrected chi connectivity index (χ1v) is 8.14. The minimum atomic E-state index is -0.286. The molecule has 1 aromatic carbocycles. The molecule has 124 valence electrons. The van der Waals surface area contributed by atoms with Gasteiger partial charge in [-0.3, -0.25) is 19.6 Å². The van der Waals surface area contributed by atoms with E-state index in [4.69, 9.17) is 0 Å². The van der Waals surface area contributed by atoms with Crippen molar-refractivity contribution in [1.29, 1.82) is 0 Å². The van der Waals surface area contributed by atoms with E-state index >= 15 is 0 Å². The van der Waals surface area contributed by atoms with Crippen molar-refractivity contribution >= 4 is 39.1 Å². The largest absolute Gasteiger partial charge is 0.322 e. The number of carbonyl (C=O) groups excluding carboxylic acids is 2. The Morgan fingerprint density at radius 2 is 1.44 bits per heavy atom. The van der Waals surface area contributed by atoms with Crippen molar-refractivity contribution < 1.29 is 9.59 Å². The van der Waals surface area contributed by atoms with Gasteiger partial charge in [0.05, 0.1) is 5.56 Å². The van der Waals surface area contributed by atoms with Gasteiger partial charge in [0.1, 0.15) is 0 Å². The van der Waals surface area contributed by atoms with Gasteiger partial charge in [-0.15, -0.1) is 0 Å². The Balaban J connectivity index is 1.71. The Bertz CT molecular complexity index is 916. The lowest BCUT2D eigenvalue weighted by Crippen LogP contribution is -2.14. The number of aromatic nitrogens is 2. The van der Waals surface area contributed by atoms with Crippen LogP contribution in [0.2, 0.25) is 0 Å². The molecule has 0 radical (unpaired) electrons. The second-order valence-corrected chi connectivity index (χ2v) is 6.03. The quantitative estimate of drug-likeness (QED) is 0.703. The second-order valence-electron chi connectivity index (χ2n) is 5.12. The van der Waals surface area contributed by atoms with E-state index in [1.54, 1.807) is 61.1 Å². The molecule has 2 heterocycles. The van der Waals surface area contributed by atoms with E-state index in [1.165, 1.54) is 6.20 Å². The number of hydrogen-bond donors (Lipinski definition) is 2. The average molecular weight is 397 g/mol. The first-order valence-electron chi connectivity index (χ1n) is 7.35. The summed E-state index contributed by atoms with van der Waals surface area (Å²) in [5.41, 5.74) is 2.08. The standard InChI is InChI=1S/C18H13BrN4O2/c19-14-8-13(10-21-11-14)18(25)23-16-3-1-2-15(9-16)22-17(24)12-4-6-20-7-5-12/h1-11H,(H,22,24)(H,23,25). The van der Waals surface area contributed by atoms with E-state index in [9.17, 15) is 9.59 Å². The summed E-state index contributed by atoms with van der Waals surface area (Å²) in [7, 11) is 0. The summed E-state index contributed by atoms with van der Waals surface area (Å²) in [6, 6.07) is 11.8. The molecule has 3 aromatic rings. The van der Waals surface area contributed by atoms with Crippen LogP contribution in [0, 0.1) is 0 Å². The summed E-state index contributed by atoms with van der Waals surface area (Å²) in [6.07, 6.45) is 6.19. The third kappa shape index (κ3) is 4.48. The molecular weight excluding hydrogens is 384 g/mol. The number of anilines is 2. The Morgan fingerprint density at radius 1 is 0.800 bits per heavy atom. The molecule has 0 saturated carbocycles. The zero-order chi connectivity index (χ0) is 17.6. The normalized spacial score (nSPS) is 10.1. The molecule has 0 atom stereocenters. The van der Waals surface area contributed by atoms with Crippen LogP contribution in [0.5, 0.6) is 0 Å². The summed E-state index contributed by atoms with van der Waals surface area (Å²) in [4.78, 5) is 32.3. The first-order chi connectivity index (χ1) is 12.1. The van der Waals surface area contributed by atoms with Crippen molar-refractivity contribution in [1.82, 2.24) is 9.97 Å². The molecule has 2 amide bonds. The molecule has 25 heavy (non-hydrogen) atoms. The van der Waals surface area contributed by atoms with Crippen LogP contribution in [-0.4, -0.2) is 21.8 Å². The maximum absolute atomic E-state index is 12.3. The number of benzene rings is 1. The van der Waals surface area contributed by atoms with Gasteiger partial charge >= 0.3 is 0 Å². The Labute approximate surface area is 152 Å². The Kier molecular flexibility index (Phi) is 5.15. The van der Waals surface area contributed by atoms with Crippen molar-refractivity contribution in [3.63, 3.8) is 0 Å². The first kappa shape index (κ1) is 16.8. The van der Waals surface area contributed by atoms with Gasteiger partial charge in [0.2, 0.25) is 0 Å². The van der Waals surface area contributed by atoms with Crippen molar-refractivity contribution in [2.75, 3.05) is 10.6 Å². The molecule has 2 N–H and O–H groups in total. The third-order valence-corrected chi connectivity index (χ3v) is 3.72. The summed E-state index contributed by atoms with van der Waals surface area (Å²) in [5.74, 6) is -0.534. The minimum absolute atomic E-state index is 0.248. The Morgan fingerprint density at radius 3 is 2.08 bits per heavy atom. The summed E-state index contributed by atoms with van der Waals surface area (Å²) in [6.45, 7) is 0. The molecule has 3 rings (SSSR count). The number of pyridine rings is 2. The predicted molar refractivity (Wildman–Crippen MR) is 98.5 cm³/mol. The fourth-order valence-electron chi connectivity index (χ4n) is 2.12. The lowest BCUT2D eigenvalue weighted by molar-refractivity contribution is 0.101. The van der Waals surface area contributed by atoms with Crippen LogP contribution in [0.25, 0.3) is 0 Å². The topological polar surface area (TPSA) is 84.0 Å². The van der Waals surface area contributed by atoms with Crippen molar-refractivity contribution in [2.24, 2.45) is 0 Å². The number of rotatable bonds is 4. The lowest BCUT2D eigenvalue weighted by atomic mass is 10.2. The second kappa shape index (κ2) is 7.67. The van der Waals surface area contributed by atoms with Crippen LogP contribution in [0.1, 0.15) is 20.7 Å². The summed E-state index contributed by atoms with van der Waals surface area (Å²) in [5, 5.41) is 5.56. The number of halogens is 1. The highest BCUT2D eigenvalue weighted by molar-refractivity contribution is 9.10. The highest BCUT2D eigenvalue weighted by atomic mass is 79.9. The van der Waals surface area contributed by atoms with Crippen LogP contribution < -0.4 is 10.6 Å². The van der Waals surface area contributed by atoms with Gasteiger partial charge in [0, 0.05) is 46.2 Å². The zero-order valence-corrected chi connectivity index (χ0v) is 14.5. The molecule has 0 aliphatic rings. The van der Waals surface area contributed by atoms with E-state index in [1.807, 2.05) is 0 Å². The molecule has 0 saturated heterocycles. The van der Waals surface area contributed by atoms with E-state index in [0.717, 1.165) is 4.47 Å². The number of nitrogens with zero attached hydrogens (tertiary/aromatic N) is 2. The van der Waals surface area contributed by atoms with Crippen LogP contribution in [0.15, 0.2) is 71.7 Å². The van der Waals surface area contributed by atoms with Gasteiger partial charge in [0.25, 0.3) is 11.8 Å². The van der Waals surface area contributed by atoms with E-state index in [0.29, 0.717) is 22.5 Å². The number of carbonyl (C=O) groups is 2. The van der Waals surface area contributed by atoms with Gasteiger partial charge < -0.3 is 10.6 Å². The van der Waals surface area contributed by atoms with Gasteiger partial charge in [-0.25, -0.2) is 0 Å². The predicted octanol–water partition coefficient (Wildman–Crippen LogP) is 3.74. The van der Waals surface area contributed by atoms with Crippen LogP contribution in [-0.2, 0) is 0 Å². The van der Waals surface area contributed by atoms with Crippen LogP contribution in [0.3, 0.4) is 0 Å². The van der Waals surface area contributed by atoms with E-state index in [2.05, 4.69) is 36.5 Å². The molecule has 0 aliphatic carbocycles. The fraction of sp³-hybridized carbons (Fsp3) is 0. The molecule has 7 heteroatoms. The summed E-state index contributed by atoms with van der Waals surface area (Å²) >= 11 is 3.28. The smallest absolute Gasteiger partial charge is 0.257 e. The maximum Gasteiger partial charge on any atom is 0.257 e. The van der Waals surface area contributed by atoms with Gasteiger partial charge in [-0.2, -0.15) is 0 Å². The molecule has 0 aliphatic heterocycles. The van der Waals surface area contributed by atoms with Gasteiger partial charge in [-0.05, 0) is 52.3 Å². The third-order valence-electron chi connectivity index (χ3n) is 3.29. The van der Waals surface area contributed by atoms with Gasteiger partial charge in [0.15, 0.2) is 0 Å². The molecule has 0 fully saturated rings. The molecular formula is C18H13BrN4O2. The highest BCUT2D eigenvalue weighted by Crippen LogP contribution is 2.18. The fourth-order valence-corrected chi connectivity index (χ4v) is 2.49. The summed E-state index contributed by atoms with van der Waals surface area (Å²) < 4.78 is 0.721. The molecule has 0 spiro atoms. The molecule has 6 nitrogen and oxygen atoms in total. The van der Waals surface area contributed by atoms with Crippen molar-refractivity contribution in [2.45, 2.75) is 0 Å². The van der Waals surface area contributed by atoms with Crippen molar-refractivity contribution in [3.8, 4) is 0 Å². The Hall–Kier alpha value is -3.06. The highest BCUT2D eigenvalue weighted by Gasteiger charge is 2.09. The number of nitrogens with one attached hydrogen (secondary N) is 2. The van der Waals surface area contributed by atoms with Gasteiger partial charge in [-0.1, -0.05) is 6.07 Å². The SMILES string of the molecule is O=C(Nc1cccc(NC(=O)c2cncc(Br)c2)c1)c1ccncc1. The number of hydrogen-bond acceptors (Lipinski definition) is 4. The molecule has 0 unspecified atom stereocenters. The minimum Gasteiger partial charge on any atom is -0.322 e. The monoisotopic (exact) mass is 396 g/mol. The molecule has 2 aromatic heterocycles. The zero-order valence-electron chi connectivity index (χ0n) is 12.9. The maximum atomic E-state index is 12.3.